The van der Waals surface area contributed by atoms with Crippen molar-refractivity contribution < 1.29 is 9.84 Å². The molecule has 6 heteroatoms. The lowest BCUT2D eigenvalue weighted by Gasteiger charge is -2.29. The lowest BCUT2D eigenvalue weighted by atomic mass is 10.0. The number of aliphatic hydroxyl groups is 1. The van der Waals surface area contributed by atoms with Crippen molar-refractivity contribution in [2.75, 3.05) is 65.6 Å². The van der Waals surface area contributed by atoms with E-state index in [-0.39, 0.29) is 6.61 Å². The van der Waals surface area contributed by atoms with E-state index in [1.807, 2.05) is 0 Å². The number of guanidine groups is 1. The molecule has 2 aliphatic heterocycles. The highest BCUT2D eigenvalue weighted by atomic mass is 16.5. The summed E-state index contributed by atoms with van der Waals surface area (Å²) in [6, 6.07) is 0. The van der Waals surface area contributed by atoms with E-state index in [1.165, 1.54) is 13.0 Å². The Morgan fingerprint density at radius 1 is 1.24 bits per heavy atom. The zero-order valence-corrected chi connectivity index (χ0v) is 16.3. The Labute approximate surface area is 153 Å². The zero-order valence-electron chi connectivity index (χ0n) is 16.3. The number of rotatable bonds is 9. The van der Waals surface area contributed by atoms with Crippen LogP contribution in [-0.4, -0.2) is 86.5 Å². The summed E-state index contributed by atoms with van der Waals surface area (Å²) in [5.41, 5.74) is 0. The topological polar surface area (TPSA) is 60.3 Å². The van der Waals surface area contributed by atoms with Crippen LogP contribution in [0.5, 0.6) is 0 Å². The van der Waals surface area contributed by atoms with Gasteiger partial charge in [-0.3, -0.25) is 9.89 Å². The zero-order chi connectivity index (χ0) is 17.9. The molecule has 2 aliphatic rings. The molecular weight excluding hydrogens is 316 g/mol. The van der Waals surface area contributed by atoms with E-state index in [9.17, 15) is 5.11 Å². The Kier molecular flexibility index (Phi) is 9.58. The van der Waals surface area contributed by atoms with Gasteiger partial charge in [0.05, 0.1) is 13.2 Å². The number of aliphatic hydroxyl groups excluding tert-OH is 1. The van der Waals surface area contributed by atoms with Gasteiger partial charge in [0.2, 0.25) is 0 Å². The van der Waals surface area contributed by atoms with Gasteiger partial charge in [-0.25, -0.2) is 0 Å². The number of hydrogen-bond donors (Lipinski definition) is 2. The molecule has 146 valence electrons. The molecule has 0 bridgehead atoms. The maximum atomic E-state index is 9.25. The third-order valence-corrected chi connectivity index (χ3v) is 5.27. The molecule has 0 amide bonds. The summed E-state index contributed by atoms with van der Waals surface area (Å²) in [7, 11) is 0. The molecule has 0 aromatic rings. The standard InChI is InChI=1S/C19H38N4O2/c1-3-5-17(7-11-24)14-21-19(20-4-2)23-8-6-18(16-23)15-22-9-12-25-13-10-22/h17-18,24H,3-16H2,1-2H3,(H,20,21). The monoisotopic (exact) mass is 354 g/mol. The minimum atomic E-state index is 0.266. The summed E-state index contributed by atoms with van der Waals surface area (Å²) < 4.78 is 5.45. The van der Waals surface area contributed by atoms with Crippen LogP contribution in [0.2, 0.25) is 0 Å². The molecule has 2 heterocycles. The third-order valence-electron chi connectivity index (χ3n) is 5.27. The quantitative estimate of drug-likeness (QED) is 0.484. The summed E-state index contributed by atoms with van der Waals surface area (Å²) >= 11 is 0. The van der Waals surface area contributed by atoms with Crippen molar-refractivity contribution in [1.29, 1.82) is 0 Å². The highest BCUT2D eigenvalue weighted by Gasteiger charge is 2.27. The fourth-order valence-electron chi connectivity index (χ4n) is 3.88. The van der Waals surface area contributed by atoms with Crippen molar-refractivity contribution >= 4 is 5.96 Å². The number of ether oxygens (including phenoxy) is 1. The van der Waals surface area contributed by atoms with Crippen molar-refractivity contribution in [3.05, 3.63) is 0 Å². The average Bonchev–Trinajstić information content (AvgIpc) is 3.08. The first-order valence-electron chi connectivity index (χ1n) is 10.2. The lowest BCUT2D eigenvalue weighted by molar-refractivity contribution is 0.0315. The first-order chi connectivity index (χ1) is 12.3. The SMILES string of the molecule is CCCC(CCO)CN=C(NCC)N1CCC(CN2CCOCC2)C1. The molecule has 0 saturated carbocycles. The molecule has 2 N–H and O–H groups in total. The summed E-state index contributed by atoms with van der Waals surface area (Å²) in [6.07, 6.45) is 4.40. The van der Waals surface area contributed by atoms with Crippen molar-refractivity contribution in [2.24, 2.45) is 16.8 Å². The number of likely N-dealkylation sites (tertiary alicyclic amines) is 1. The molecule has 6 nitrogen and oxygen atoms in total. The largest absolute Gasteiger partial charge is 0.396 e. The highest BCUT2D eigenvalue weighted by Crippen LogP contribution is 2.19. The van der Waals surface area contributed by atoms with Gasteiger partial charge in [-0.05, 0) is 38.0 Å². The van der Waals surface area contributed by atoms with E-state index in [0.717, 1.165) is 83.6 Å². The maximum Gasteiger partial charge on any atom is 0.193 e. The molecule has 2 unspecified atom stereocenters. The van der Waals surface area contributed by atoms with Gasteiger partial charge in [-0.15, -0.1) is 0 Å². The molecule has 2 rings (SSSR count). The third kappa shape index (κ3) is 7.12. The number of nitrogens with one attached hydrogen (secondary N) is 1. The Bertz CT molecular complexity index is 380. The Balaban J connectivity index is 1.85. The molecule has 0 aromatic carbocycles. The van der Waals surface area contributed by atoms with E-state index in [2.05, 4.69) is 29.0 Å². The van der Waals surface area contributed by atoms with Crippen LogP contribution in [0.3, 0.4) is 0 Å². The average molecular weight is 355 g/mol. The van der Waals surface area contributed by atoms with Gasteiger partial charge >= 0.3 is 0 Å². The van der Waals surface area contributed by atoms with Crippen LogP contribution in [-0.2, 0) is 4.74 Å². The van der Waals surface area contributed by atoms with Crippen LogP contribution in [0.1, 0.15) is 39.5 Å². The van der Waals surface area contributed by atoms with Crippen molar-refractivity contribution in [2.45, 2.75) is 39.5 Å². The fraction of sp³-hybridized carbons (Fsp3) is 0.947. The summed E-state index contributed by atoms with van der Waals surface area (Å²) in [5.74, 6) is 2.28. The number of aliphatic imine (C=N–C) groups is 1. The van der Waals surface area contributed by atoms with E-state index >= 15 is 0 Å². The second-order valence-electron chi connectivity index (χ2n) is 7.38. The molecule has 0 spiro atoms. The summed E-state index contributed by atoms with van der Waals surface area (Å²) in [5, 5.41) is 12.7. The number of hydrogen-bond acceptors (Lipinski definition) is 4. The van der Waals surface area contributed by atoms with Crippen LogP contribution in [0.25, 0.3) is 0 Å². The van der Waals surface area contributed by atoms with Gasteiger partial charge in [-0.1, -0.05) is 13.3 Å². The number of morpholine rings is 1. The van der Waals surface area contributed by atoms with Gasteiger partial charge in [0.15, 0.2) is 5.96 Å². The maximum absolute atomic E-state index is 9.25. The molecule has 0 aromatic heterocycles. The Hall–Kier alpha value is -0.850. The van der Waals surface area contributed by atoms with Crippen molar-refractivity contribution in [1.82, 2.24) is 15.1 Å². The smallest absolute Gasteiger partial charge is 0.193 e. The van der Waals surface area contributed by atoms with Crippen molar-refractivity contribution in [3.8, 4) is 0 Å². The normalized spacial score (nSPS) is 23.9. The Morgan fingerprint density at radius 3 is 2.72 bits per heavy atom. The second-order valence-corrected chi connectivity index (χ2v) is 7.38. The van der Waals surface area contributed by atoms with E-state index < -0.39 is 0 Å². The van der Waals surface area contributed by atoms with Crippen LogP contribution in [0.4, 0.5) is 0 Å². The predicted octanol–water partition coefficient (Wildman–Crippen LogP) is 1.40. The highest BCUT2D eigenvalue weighted by molar-refractivity contribution is 5.80. The lowest BCUT2D eigenvalue weighted by Crippen LogP contribution is -2.42. The Morgan fingerprint density at radius 2 is 2.04 bits per heavy atom. The molecule has 2 fully saturated rings. The van der Waals surface area contributed by atoms with E-state index in [4.69, 9.17) is 9.73 Å². The second kappa shape index (κ2) is 11.7. The first kappa shape index (κ1) is 20.5. The fourth-order valence-corrected chi connectivity index (χ4v) is 3.88. The molecule has 0 radical (unpaired) electrons. The van der Waals surface area contributed by atoms with Crippen LogP contribution >= 0.6 is 0 Å². The summed E-state index contributed by atoms with van der Waals surface area (Å²) in [4.78, 5) is 9.87. The van der Waals surface area contributed by atoms with Gasteiger partial charge in [0.25, 0.3) is 0 Å². The molecule has 25 heavy (non-hydrogen) atoms. The van der Waals surface area contributed by atoms with E-state index in [0.29, 0.717) is 5.92 Å². The van der Waals surface area contributed by atoms with Crippen LogP contribution in [0, 0.1) is 11.8 Å². The van der Waals surface area contributed by atoms with Crippen molar-refractivity contribution in [3.63, 3.8) is 0 Å². The van der Waals surface area contributed by atoms with E-state index in [1.54, 1.807) is 0 Å². The van der Waals surface area contributed by atoms with Crippen LogP contribution < -0.4 is 5.32 Å². The predicted molar refractivity (Wildman–Crippen MR) is 103 cm³/mol. The van der Waals surface area contributed by atoms with Gasteiger partial charge in [-0.2, -0.15) is 0 Å². The minimum absolute atomic E-state index is 0.266. The van der Waals surface area contributed by atoms with Gasteiger partial charge in [0, 0.05) is 52.4 Å². The molecule has 2 saturated heterocycles. The van der Waals surface area contributed by atoms with Crippen LogP contribution in [0.15, 0.2) is 4.99 Å². The van der Waals surface area contributed by atoms with Gasteiger partial charge in [0.1, 0.15) is 0 Å². The molecule has 0 aliphatic carbocycles. The minimum Gasteiger partial charge on any atom is -0.396 e. The first-order valence-corrected chi connectivity index (χ1v) is 10.2. The summed E-state index contributed by atoms with van der Waals surface area (Å²) in [6.45, 7) is 13.6. The molecular formula is C19H38N4O2. The number of nitrogens with zero attached hydrogens (tertiary/aromatic N) is 3. The molecule has 2 atom stereocenters. The van der Waals surface area contributed by atoms with Gasteiger partial charge < -0.3 is 20.1 Å².